The summed E-state index contributed by atoms with van der Waals surface area (Å²) >= 11 is 1.90. The van der Waals surface area contributed by atoms with Gasteiger partial charge in [0.15, 0.2) is 0 Å². The first-order valence-corrected chi connectivity index (χ1v) is 13.3. The van der Waals surface area contributed by atoms with Crippen LogP contribution in [0.4, 0.5) is 0 Å². The Morgan fingerprint density at radius 1 is 0.361 bits per heavy atom. The fraction of sp³-hybridized carbons (Fsp3) is 0.0286. The molecule has 0 bridgehead atoms. The third-order valence-electron chi connectivity index (χ3n) is 7.93. The number of benzene rings is 6. The Morgan fingerprint density at radius 2 is 0.833 bits per heavy atom. The topological polar surface area (TPSA) is 0 Å². The van der Waals surface area contributed by atoms with Gasteiger partial charge in [0.2, 0.25) is 0 Å². The Kier molecular flexibility index (Phi) is 4.18. The van der Waals surface area contributed by atoms with Gasteiger partial charge in [-0.1, -0.05) is 127 Å². The Labute approximate surface area is 215 Å². The van der Waals surface area contributed by atoms with E-state index in [0.29, 0.717) is 0 Å². The number of rotatable bonds is 0. The second-order valence-corrected chi connectivity index (χ2v) is 10.8. The van der Waals surface area contributed by atoms with Crippen molar-refractivity contribution in [2.45, 2.75) is 15.2 Å². The van der Waals surface area contributed by atoms with Crippen molar-refractivity contribution >= 4 is 22.5 Å². The quantitative estimate of drug-likeness (QED) is 0.211. The average molecular weight is 475 g/mol. The summed E-state index contributed by atoms with van der Waals surface area (Å²) in [7, 11) is 0. The highest BCUT2D eigenvalue weighted by Gasteiger charge is 2.48. The van der Waals surface area contributed by atoms with E-state index < -0.39 is 5.41 Å². The van der Waals surface area contributed by atoms with Gasteiger partial charge in [-0.15, -0.1) is 0 Å². The van der Waals surface area contributed by atoms with Crippen LogP contribution >= 0.6 is 11.8 Å². The maximum atomic E-state index is 2.46. The van der Waals surface area contributed by atoms with E-state index in [4.69, 9.17) is 0 Å². The van der Waals surface area contributed by atoms with Crippen LogP contribution in [0.2, 0.25) is 0 Å². The van der Waals surface area contributed by atoms with Crippen LogP contribution in [-0.2, 0) is 5.41 Å². The predicted octanol–water partition coefficient (Wildman–Crippen LogP) is 9.33. The zero-order chi connectivity index (χ0) is 23.7. The van der Waals surface area contributed by atoms with E-state index in [0.717, 1.165) is 0 Å². The third-order valence-corrected chi connectivity index (χ3v) is 9.07. The van der Waals surface area contributed by atoms with E-state index in [-0.39, 0.29) is 0 Å². The molecule has 0 unspecified atom stereocenters. The third kappa shape index (κ3) is 2.56. The molecule has 8 rings (SSSR count). The highest BCUT2D eigenvalue weighted by Crippen LogP contribution is 2.61. The molecule has 1 aliphatic heterocycles. The molecule has 6 aromatic rings. The maximum Gasteiger partial charge on any atom is 0.0735 e. The molecule has 6 aromatic carbocycles. The lowest BCUT2D eigenvalue weighted by atomic mass is 9.63. The zero-order valence-corrected chi connectivity index (χ0v) is 20.4. The van der Waals surface area contributed by atoms with Crippen LogP contribution in [0.15, 0.2) is 143 Å². The molecule has 168 valence electrons. The lowest BCUT2D eigenvalue weighted by molar-refractivity contribution is 0.710. The predicted molar refractivity (Wildman–Crippen MR) is 151 cm³/mol. The van der Waals surface area contributed by atoms with Gasteiger partial charge in [0.25, 0.3) is 0 Å². The van der Waals surface area contributed by atoms with Gasteiger partial charge in [0, 0.05) is 9.79 Å². The molecule has 0 radical (unpaired) electrons. The highest BCUT2D eigenvalue weighted by atomic mass is 32.2. The van der Waals surface area contributed by atoms with Gasteiger partial charge in [0.05, 0.1) is 5.41 Å². The number of hydrogen-bond acceptors (Lipinski definition) is 1. The lowest BCUT2D eigenvalue weighted by Gasteiger charge is -2.43. The summed E-state index contributed by atoms with van der Waals surface area (Å²) in [6.07, 6.45) is 0. The number of hydrogen-bond donors (Lipinski definition) is 0. The van der Waals surface area contributed by atoms with Crippen LogP contribution in [0.1, 0.15) is 22.3 Å². The van der Waals surface area contributed by atoms with Gasteiger partial charge in [-0.05, 0) is 73.5 Å². The first-order chi connectivity index (χ1) is 17.9. The van der Waals surface area contributed by atoms with E-state index >= 15 is 0 Å². The highest BCUT2D eigenvalue weighted by molar-refractivity contribution is 7.99. The molecule has 0 aromatic heterocycles. The Bertz CT molecular complexity index is 1760. The van der Waals surface area contributed by atoms with Crippen LogP contribution in [0.3, 0.4) is 0 Å². The minimum Gasteiger partial charge on any atom is -0.0894 e. The summed E-state index contributed by atoms with van der Waals surface area (Å²) in [5.41, 5.74) is 10.2. The molecule has 1 spiro atoms. The minimum atomic E-state index is -0.423. The fourth-order valence-corrected chi connectivity index (χ4v) is 7.72. The molecule has 2 aliphatic rings. The van der Waals surface area contributed by atoms with Crippen molar-refractivity contribution in [2.75, 3.05) is 0 Å². The standard InChI is InChI=1S/C35H22S/c1-2-12-24-22-34-32(21-23(24)11-1)35(31-19-9-10-20-33(31)36-34)29-17-7-5-15-27(29)25-13-3-4-14-26(25)28-16-6-8-18-30(28)35/h1-22H. The van der Waals surface area contributed by atoms with Gasteiger partial charge in [0.1, 0.15) is 0 Å². The molecule has 1 heteroatoms. The van der Waals surface area contributed by atoms with Crippen LogP contribution in [0.5, 0.6) is 0 Å². The monoisotopic (exact) mass is 474 g/mol. The molecule has 0 N–H and O–H groups in total. The van der Waals surface area contributed by atoms with Crippen LogP contribution in [0.25, 0.3) is 33.0 Å². The Hall–Kier alpha value is -4.07. The van der Waals surface area contributed by atoms with Gasteiger partial charge in [-0.2, -0.15) is 0 Å². The molecule has 0 amide bonds. The lowest BCUT2D eigenvalue weighted by Crippen LogP contribution is -2.34. The summed E-state index contributed by atoms with van der Waals surface area (Å²) in [4.78, 5) is 2.67. The van der Waals surface area contributed by atoms with E-state index in [1.54, 1.807) is 0 Å². The van der Waals surface area contributed by atoms with E-state index in [1.807, 2.05) is 11.8 Å². The fourth-order valence-electron chi connectivity index (χ4n) is 6.49. The van der Waals surface area contributed by atoms with Crippen molar-refractivity contribution in [2.24, 2.45) is 0 Å². The van der Waals surface area contributed by atoms with Crippen molar-refractivity contribution < 1.29 is 0 Å². The Morgan fingerprint density at radius 3 is 1.47 bits per heavy atom. The summed E-state index contributed by atoms with van der Waals surface area (Å²) in [6, 6.07) is 49.7. The van der Waals surface area contributed by atoms with Gasteiger partial charge in [-0.25, -0.2) is 0 Å². The first-order valence-electron chi connectivity index (χ1n) is 12.4. The normalized spacial score (nSPS) is 14.2. The van der Waals surface area contributed by atoms with Crippen molar-refractivity contribution in [3.8, 4) is 22.3 Å². The van der Waals surface area contributed by atoms with E-state index in [9.17, 15) is 0 Å². The van der Waals surface area contributed by atoms with Crippen molar-refractivity contribution in [1.29, 1.82) is 0 Å². The second kappa shape index (κ2) is 7.46. The van der Waals surface area contributed by atoms with E-state index in [1.165, 1.54) is 65.1 Å². The molecule has 36 heavy (non-hydrogen) atoms. The van der Waals surface area contributed by atoms with Gasteiger partial charge >= 0.3 is 0 Å². The maximum absolute atomic E-state index is 2.46. The van der Waals surface area contributed by atoms with Crippen molar-refractivity contribution in [1.82, 2.24) is 0 Å². The van der Waals surface area contributed by atoms with Crippen LogP contribution < -0.4 is 0 Å². The van der Waals surface area contributed by atoms with Crippen molar-refractivity contribution in [3.63, 3.8) is 0 Å². The minimum absolute atomic E-state index is 0.423. The van der Waals surface area contributed by atoms with E-state index in [2.05, 4.69) is 133 Å². The summed E-state index contributed by atoms with van der Waals surface area (Å²) in [5, 5.41) is 2.57. The number of fused-ring (bicyclic) bond motifs is 12. The summed E-state index contributed by atoms with van der Waals surface area (Å²) in [5.74, 6) is 0. The van der Waals surface area contributed by atoms with Crippen molar-refractivity contribution in [3.05, 3.63) is 156 Å². The largest absolute Gasteiger partial charge is 0.0894 e. The molecule has 0 saturated carbocycles. The first kappa shape index (κ1) is 20.2. The molecular weight excluding hydrogens is 452 g/mol. The molecular formula is C35H22S. The average Bonchev–Trinajstić information content (AvgIpc) is 3.05. The molecule has 0 saturated heterocycles. The van der Waals surface area contributed by atoms with Crippen LogP contribution in [0, 0.1) is 0 Å². The van der Waals surface area contributed by atoms with Crippen LogP contribution in [-0.4, -0.2) is 0 Å². The summed E-state index contributed by atoms with van der Waals surface area (Å²) in [6.45, 7) is 0. The molecule has 0 nitrogen and oxygen atoms in total. The second-order valence-electron chi connectivity index (χ2n) is 9.68. The SMILES string of the molecule is c1ccc2c(c1)Sc1cc3ccccc3cc1C21c2ccccc2-c2ccccc2-c2ccccc21. The molecule has 0 atom stereocenters. The van der Waals surface area contributed by atoms with Gasteiger partial charge in [-0.3, -0.25) is 0 Å². The summed E-state index contributed by atoms with van der Waals surface area (Å²) < 4.78 is 0. The molecule has 1 aliphatic carbocycles. The van der Waals surface area contributed by atoms with Gasteiger partial charge < -0.3 is 0 Å². The molecule has 1 heterocycles. The smallest absolute Gasteiger partial charge is 0.0735 e. The zero-order valence-electron chi connectivity index (χ0n) is 19.6. The molecule has 0 fully saturated rings. The Balaban J connectivity index is 1.65.